The molecule has 0 saturated carbocycles. The van der Waals surface area contributed by atoms with Crippen molar-refractivity contribution in [3.63, 3.8) is 0 Å². The Kier molecular flexibility index (Phi) is 6.76. The summed E-state index contributed by atoms with van der Waals surface area (Å²) in [6.07, 6.45) is 0.920. The van der Waals surface area contributed by atoms with Crippen LogP contribution < -0.4 is 0 Å². The van der Waals surface area contributed by atoms with Crippen LogP contribution in [-0.4, -0.2) is 61.3 Å². The Labute approximate surface area is 80.8 Å². The lowest BCUT2D eigenvalue weighted by Gasteiger charge is -2.32. The van der Waals surface area contributed by atoms with Crippen molar-refractivity contribution in [1.82, 2.24) is 9.80 Å². The molecule has 0 unspecified atom stereocenters. The molecule has 0 radical (unpaired) electrons. The Bertz CT molecular complexity index is 102. The average molecular weight is 195 g/mol. The summed E-state index contributed by atoms with van der Waals surface area (Å²) >= 11 is 0. The second kappa shape index (κ2) is 6.66. The van der Waals surface area contributed by atoms with E-state index in [0.29, 0.717) is 6.61 Å². The normalized spacial score (nSPS) is 20.5. The zero-order valence-corrected chi connectivity index (χ0v) is 8.52. The number of rotatable bonds is 3. The van der Waals surface area contributed by atoms with Gasteiger partial charge in [0.2, 0.25) is 0 Å². The van der Waals surface area contributed by atoms with Gasteiger partial charge in [0.1, 0.15) is 0 Å². The minimum Gasteiger partial charge on any atom is -0.396 e. The van der Waals surface area contributed by atoms with Crippen LogP contribution in [0.1, 0.15) is 6.42 Å². The lowest BCUT2D eigenvalue weighted by Crippen LogP contribution is -2.44. The van der Waals surface area contributed by atoms with E-state index in [0.717, 1.165) is 26.1 Å². The van der Waals surface area contributed by atoms with Gasteiger partial charge in [-0.1, -0.05) is 0 Å². The van der Waals surface area contributed by atoms with Gasteiger partial charge in [0.25, 0.3) is 0 Å². The summed E-state index contributed by atoms with van der Waals surface area (Å²) in [5, 5.41) is 8.61. The number of hydrogen-bond donors (Lipinski definition) is 1. The molecule has 0 atom stereocenters. The molecule has 1 rings (SSSR count). The smallest absolute Gasteiger partial charge is 0.0443 e. The first-order valence-electron chi connectivity index (χ1n) is 4.34. The van der Waals surface area contributed by atoms with Gasteiger partial charge in [0.15, 0.2) is 0 Å². The van der Waals surface area contributed by atoms with E-state index in [1.807, 2.05) is 0 Å². The number of halogens is 1. The highest BCUT2D eigenvalue weighted by molar-refractivity contribution is 5.85. The van der Waals surface area contributed by atoms with Crippen molar-refractivity contribution in [2.24, 2.45) is 0 Å². The van der Waals surface area contributed by atoms with Crippen LogP contribution in [0.25, 0.3) is 0 Å². The third-order valence-electron chi connectivity index (χ3n) is 2.23. The fourth-order valence-corrected chi connectivity index (χ4v) is 1.37. The Hall–Kier alpha value is 0.170. The highest BCUT2D eigenvalue weighted by atomic mass is 35.5. The SMILES string of the molecule is CN1CCN(CCCO)CC1.Cl. The van der Waals surface area contributed by atoms with Crippen LogP contribution in [0.4, 0.5) is 0 Å². The van der Waals surface area contributed by atoms with Gasteiger partial charge in [-0.3, -0.25) is 0 Å². The van der Waals surface area contributed by atoms with Gasteiger partial charge in [0, 0.05) is 39.3 Å². The molecule has 0 aromatic rings. The van der Waals surface area contributed by atoms with Crippen molar-refractivity contribution in [1.29, 1.82) is 0 Å². The molecule has 1 aliphatic heterocycles. The summed E-state index contributed by atoms with van der Waals surface area (Å²) in [6.45, 7) is 6.06. The molecule has 12 heavy (non-hydrogen) atoms. The molecule has 0 aromatic heterocycles. The summed E-state index contributed by atoms with van der Waals surface area (Å²) in [5.41, 5.74) is 0. The minimum absolute atomic E-state index is 0. The molecular formula is C8H19ClN2O. The molecule has 4 heteroatoms. The van der Waals surface area contributed by atoms with Crippen molar-refractivity contribution in [3.8, 4) is 0 Å². The van der Waals surface area contributed by atoms with Gasteiger partial charge in [-0.25, -0.2) is 0 Å². The first kappa shape index (κ1) is 12.2. The van der Waals surface area contributed by atoms with Gasteiger partial charge in [-0.05, 0) is 13.5 Å². The highest BCUT2D eigenvalue weighted by Crippen LogP contribution is 1.98. The maximum atomic E-state index is 8.61. The number of aliphatic hydroxyl groups excluding tert-OH is 1. The van der Waals surface area contributed by atoms with E-state index in [9.17, 15) is 0 Å². The quantitative estimate of drug-likeness (QED) is 0.688. The van der Waals surface area contributed by atoms with Crippen molar-refractivity contribution in [3.05, 3.63) is 0 Å². The van der Waals surface area contributed by atoms with Crippen molar-refractivity contribution >= 4 is 12.4 Å². The van der Waals surface area contributed by atoms with Gasteiger partial charge >= 0.3 is 0 Å². The lowest BCUT2D eigenvalue weighted by molar-refractivity contribution is 0.143. The Morgan fingerprint density at radius 1 is 1.17 bits per heavy atom. The largest absolute Gasteiger partial charge is 0.396 e. The van der Waals surface area contributed by atoms with Crippen molar-refractivity contribution < 1.29 is 5.11 Å². The maximum Gasteiger partial charge on any atom is 0.0443 e. The summed E-state index contributed by atoms with van der Waals surface area (Å²) < 4.78 is 0. The van der Waals surface area contributed by atoms with Crippen molar-refractivity contribution in [2.45, 2.75) is 6.42 Å². The van der Waals surface area contributed by atoms with Gasteiger partial charge in [-0.2, -0.15) is 0 Å². The van der Waals surface area contributed by atoms with Crippen LogP contribution in [0, 0.1) is 0 Å². The molecule has 0 spiro atoms. The van der Waals surface area contributed by atoms with Gasteiger partial charge < -0.3 is 14.9 Å². The first-order valence-corrected chi connectivity index (χ1v) is 4.34. The fourth-order valence-electron chi connectivity index (χ4n) is 1.37. The predicted molar refractivity (Wildman–Crippen MR) is 52.9 cm³/mol. The standard InChI is InChI=1S/C8H18N2O.ClH/c1-9-4-6-10(7-5-9)3-2-8-11;/h11H,2-8H2,1H3;1H. The molecule has 1 fully saturated rings. The summed E-state index contributed by atoms with van der Waals surface area (Å²) in [7, 11) is 2.16. The second-order valence-electron chi connectivity index (χ2n) is 3.22. The maximum absolute atomic E-state index is 8.61. The zero-order valence-electron chi connectivity index (χ0n) is 7.70. The monoisotopic (exact) mass is 194 g/mol. The van der Waals surface area contributed by atoms with Crippen LogP contribution in [0.3, 0.4) is 0 Å². The highest BCUT2D eigenvalue weighted by Gasteiger charge is 2.12. The molecule has 0 amide bonds. The third kappa shape index (κ3) is 4.26. The number of piperazine rings is 1. The van der Waals surface area contributed by atoms with Crippen LogP contribution >= 0.6 is 12.4 Å². The molecular weight excluding hydrogens is 176 g/mol. The summed E-state index contributed by atoms with van der Waals surface area (Å²) in [5.74, 6) is 0. The van der Waals surface area contributed by atoms with E-state index < -0.39 is 0 Å². The summed E-state index contributed by atoms with van der Waals surface area (Å²) in [4.78, 5) is 4.76. The predicted octanol–water partition coefficient (Wildman–Crippen LogP) is 0.0380. The molecule has 0 aliphatic carbocycles. The second-order valence-corrected chi connectivity index (χ2v) is 3.22. The Balaban J connectivity index is 0.00000121. The van der Waals surface area contributed by atoms with E-state index in [-0.39, 0.29) is 12.4 Å². The Morgan fingerprint density at radius 3 is 2.25 bits per heavy atom. The van der Waals surface area contributed by atoms with E-state index in [1.165, 1.54) is 13.1 Å². The molecule has 0 aromatic carbocycles. The lowest BCUT2D eigenvalue weighted by atomic mass is 10.3. The van der Waals surface area contributed by atoms with E-state index in [2.05, 4.69) is 16.8 Å². The third-order valence-corrected chi connectivity index (χ3v) is 2.23. The number of likely N-dealkylation sites (N-methyl/N-ethyl adjacent to an activating group) is 1. The number of hydrogen-bond acceptors (Lipinski definition) is 3. The van der Waals surface area contributed by atoms with E-state index >= 15 is 0 Å². The molecule has 1 aliphatic rings. The fraction of sp³-hybridized carbons (Fsp3) is 1.00. The van der Waals surface area contributed by atoms with Gasteiger partial charge in [0.05, 0.1) is 0 Å². The molecule has 0 bridgehead atoms. The minimum atomic E-state index is 0. The zero-order chi connectivity index (χ0) is 8.10. The average Bonchev–Trinajstić information content (AvgIpc) is 2.04. The van der Waals surface area contributed by atoms with Gasteiger partial charge in [-0.15, -0.1) is 12.4 Å². The molecule has 1 saturated heterocycles. The number of aliphatic hydroxyl groups is 1. The van der Waals surface area contributed by atoms with E-state index in [1.54, 1.807) is 0 Å². The molecule has 1 heterocycles. The van der Waals surface area contributed by atoms with Crippen molar-refractivity contribution in [2.75, 3.05) is 46.4 Å². The topological polar surface area (TPSA) is 26.7 Å². The number of nitrogens with zero attached hydrogens (tertiary/aromatic N) is 2. The summed E-state index contributed by atoms with van der Waals surface area (Å²) in [6, 6.07) is 0. The van der Waals surface area contributed by atoms with Crippen LogP contribution in [0.5, 0.6) is 0 Å². The molecule has 74 valence electrons. The van der Waals surface area contributed by atoms with Crippen LogP contribution in [0.2, 0.25) is 0 Å². The first-order chi connectivity index (χ1) is 5.33. The van der Waals surface area contributed by atoms with Crippen LogP contribution in [-0.2, 0) is 0 Å². The molecule has 3 nitrogen and oxygen atoms in total. The molecule has 1 N–H and O–H groups in total. The van der Waals surface area contributed by atoms with Crippen LogP contribution in [0.15, 0.2) is 0 Å². The van der Waals surface area contributed by atoms with E-state index in [4.69, 9.17) is 5.11 Å². The Morgan fingerprint density at radius 2 is 1.75 bits per heavy atom.